The summed E-state index contributed by atoms with van der Waals surface area (Å²) in [6.07, 6.45) is 0.886. The molecule has 0 aliphatic carbocycles. The Morgan fingerprint density at radius 2 is 1.75 bits per heavy atom. The van der Waals surface area contributed by atoms with Crippen LogP contribution in [0, 0.1) is 4.77 Å². The molecule has 3 heterocycles. The SMILES string of the molecule is O=c1c2c3c(sc2[nH]c(=S)n1-c1ccccc1)CN(Cc1ccccc1)CC3. The molecule has 0 amide bonds. The van der Waals surface area contributed by atoms with E-state index in [1.165, 1.54) is 16.0 Å². The number of hydrogen-bond acceptors (Lipinski definition) is 4. The quantitative estimate of drug-likeness (QED) is 0.504. The van der Waals surface area contributed by atoms with Gasteiger partial charge in [0.2, 0.25) is 0 Å². The molecule has 0 saturated heterocycles. The molecule has 1 N–H and O–H groups in total. The van der Waals surface area contributed by atoms with E-state index < -0.39 is 0 Å². The maximum absolute atomic E-state index is 13.3. The lowest BCUT2D eigenvalue weighted by Gasteiger charge is -2.26. The highest BCUT2D eigenvalue weighted by Gasteiger charge is 2.24. The molecule has 0 saturated carbocycles. The van der Waals surface area contributed by atoms with Crippen molar-refractivity contribution in [3.8, 4) is 5.69 Å². The van der Waals surface area contributed by atoms with Crippen molar-refractivity contribution in [1.82, 2.24) is 14.5 Å². The van der Waals surface area contributed by atoms with E-state index in [-0.39, 0.29) is 5.56 Å². The number of para-hydroxylation sites is 1. The lowest BCUT2D eigenvalue weighted by molar-refractivity contribution is 0.249. The fourth-order valence-electron chi connectivity index (χ4n) is 3.92. The van der Waals surface area contributed by atoms with E-state index in [1.54, 1.807) is 15.9 Å². The smallest absolute Gasteiger partial charge is 0.267 e. The second-order valence-corrected chi connectivity index (χ2v) is 8.55. The minimum atomic E-state index is -0.0149. The van der Waals surface area contributed by atoms with Crippen LogP contribution in [0.15, 0.2) is 65.5 Å². The fraction of sp³-hybridized carbons (Fsp3) is 0.182. The molecule has 0 bridgehead atoms. The Kier molecular flexibility index (Phi) is 4.47. The normalized spacial score (nSPS) is 14.3. The molecule has 4 aromatic rings. The first-order chi connectivity index (χ1) is 13.7. The van der Waals surface area contributed by atoms with Crippen LogP contribution in [0.5, 0.6) is 0 Å². The van der Waals surface area contributed by atoms with Gasteiger partial charge in [-0.2, -0.15) is 0 Å². The van der Waals surface area contributed by atoms with Crippen LogP contribution in [0.1, 0.15) is 16.0 Å². The molecule has 2 aromatic heterocycles. The minimum Gasteiger partial charge on any atom is -0.323 e. The highest BCUT2D eigenvalue weighted by molar-refractivity contribution is 7.71. The van der Waals surface area contributed by atoms with E-state index in [2.05, 4.69) is 34.1 Å². The minimum absolute atomic E-state index is 0.0149. The van der Waals surface area contributed by atoms with E-state index in [0.717, 1.165) is 42.0 Å². The Labute approximate surface area is 171 Å². The Morgan fingerprint density at radius 3 is 2.50 bits per heavy atom. The zero-order chi connectivity index (χ0) is 19.1. The van der Waals surface area contributed by atoms with Gasteiger partial charge in [-0.1, -0.05) is 48.5 Å². The first-order valence-electron chi connectivity index (χ1n) is 9.32. The molecule has 0 radical (unpaired) electrons. The fourth-order valence-corrected chi connectivity index (χ4v) is 5.55. The second-order valence-electron chi connectivity index (χ2n) is 7.06. The Balaban J connectivity index is 1.56. The number of H-pyrrole nitrogens is 1. The van der Waals surface area contributed by atoms with Crippen molar-refractivity contribution < 1.29 is 0 Å². The predicted molar refractivity (Wildman–Crippen MR) is 117 cm³/mol. The highest BCUT2D eigenvalue weighted by Crippen LogP contribution is 2.33. The first kappa shape index (κ1) is 17.6. The van der Waals surface area contributed by atoms with Gasteiger partial charge >= 0.3 is 0 Å². The van der Waals surface area contributed by atoms with E-state index in [1.807, 2.05) is 36.4 Å². The summed E-state index contributed by atoms with van der Waals surface area (Å²) < 4.78 is 2.06. The number of nitrogens with zero attached hydrogens (tertiary/aromatic N) is 2. The van der Waals surface area contributed by atoms with Crippen LogP contribution in [0.3, 0.4) is 0 Å². The summed E-state index contributed by atoms with van der Waals surface area (Å²) in [6, 6.07) is 20.1. The van der Waals surface area contributed by atoms with E-state index in [4.69, 9.17) is 12.2 Å². The Bertz CT molecular complexity index is 1260. The molecule has 1 aliphatic heterocycles. The largest absolute Gasteiger partial charge is 0.323 e. The topological polar surface area (TPSA) is 41.0 Å². The first-order valence-corrected chi connectivity index (χ1v) is 10.5. The lowest BCUT2D eigenvalue weighted by atomic mass is 10.0. The summed E-state index contributed by atoms with van der Waals surface area (Å²) >= 11 is 7.17. The van der Waals surface area contributed by atoms with Gasteiger partial charge in [-0.25, -0.2) is 0 Å². The van der Waals surface area contributed by atoms with Crippen molar-refractivity contribution in [2.45, 2.75) is 19.5 Å². The van der Waals surface area contributed by atoms with Crippen LogP contribution in [0.2, 0.25) is 0 Å². The zero-order valence-electron chi connectivity index (χ0n) is 15.2. The highest BCUT2D eigenvalue weighted by atomic mass is 32.1. The molecule has 2 aromatic carbocycles. The number of rotatable bonds is 3. The summed E-state index contributed by atoms with van der Waals surface area (Å²) in [5.41, 5.74) is 3.29. The van der Waals surface area contributed by atoms with Crippen molar-refractivity contribution in [3.05, 3.63) is 91.8 Å². The second kappa shape index (κ2) is 7.13. The van der Waals surface area contributed by atoms with Gasteiger partial charge in [0.25, 0.3) is 5.56 Å². The average molecular weight is 406 g/mol. The van der Waals surface area contributed by atoms with Gasteiger partial charge in [0.1, 0.15) is 4.83 Å². The standard InChI is InChI=1S/C22H19N3OS2/c26-21-19-17-11-12-24(13-15-7-3-1-4-8-15)14-18(17)28-20(19)23-22(27)25(21)16-9-5-2-6-10-16/h1-10H,11-14H2,(H,23,27). The molecule has 4 nitrogen and oxygen atoms in total. The molecule has 140 valence electrons. The Hall–Kier alpha value is -2.54. The van der Waals surface area contributed by atoms with Crippen LogP contribution >= 0.6 is 23.6 Å². The number of aromatic amines is 1. The van der Waals surface area contributed by atoms with Gasteiger partial charge in [0, 0.05) is 24.5 Å². The molecule has 6 heteroatoms. The van der Waals surface area contributed by atoms with Crippen molar-refractivity contribution >= 4 is 33.8 Å². The van der Waals surface area contributed by atoms with Crippen LogP contribution in [0.25, 0.3) is 15.9 Å². The summed E-state index contributed by atoms with van der Waals surface area (Å²) in [4.78, 5) is 21.2. The molecule has 0 atom stereocenters. The van der Waals surface area contributed by atoms with Gasteiger partial charge in [-0.15, -0.1) is 11.3 Å². The molecular formula is C22H19N3OS2. The van der Waals surface area contributed by atoms with Gasteiger partial charge in [-0.3, -0.25) is 14.3 Å². The van der Waals surface area contributed by atoms with Gasteiger partial charge in [0.15, 0.2) is 4.77 Å². The van der Waals surface area contributed by atoms with Crippen LogP contribution in [-0.2, 0) is 19.5 Å². The number of hydrogen-bond donors (Lipinski definition) is 1. The van der Waals surface area contributed by atoms with Gasteiger partial charge < -0.3 is 4.98 Å². The predicted octanol–water partition coefficient (Wildman–Crippen LogP) is 4.67. The monoisotopic (exact) mass is 405 g/mol. The van der Waals surface area contributed by atoms with Gasteiger partial charge in [-0.05, 0) is 41.9 Å². The summed E-state index contributed by atoms with van der Waals surface area (Å²) in [5.74, 6) is 0. The van der Waals surface area contributed by atoms with Crippen molar-refractivity contribution in [1.29, 1.82) is 0 Å². The number of fused-ring (bicyclic) bond motifs is 3. The maximum atomic E-state index is 13.3. The Morgan fingerprint density at radius 1 is 1.04 bits per heavy atom. The van der Waals surface area contributed by atoms with E-state index in [0.29, 0.717) is 4.77 Å². The maximum Gasteiger partial charge on any atom is 0.267 e. The third kappa shape index (κ3) is 3.03. The number of nitrogens with one attached hydrogen (secondary N) is 1. The summed E-state index contributed by atoms with van der Waals surface area (Å²) in [7, 11) is 0. The third-order valence-corrected chi connectivity index (χ3v) is 6.66. The van der Waals surface area contributed by atoms with E-state index in [9.17, 15) is 4.79 Å². The molecule has 0 fully saturated rings. The third-order valence-electron chi connectivity index (χ3n) is 5.24. The number of thiophene rings is 1. The van der Waals surface area contributed by atoms with Crippen LogP contribution < -0.4 is 5.56 Å². The number of benzene rings is 2. The van der Waals surface area contributed by atoms with E-state index >= 15 is 0 Å². The molecular weight excluding hydrogens is 386 g/mol. The molecule has 0 spiro atoms. The average Bonchev–Trinajstić information content (AvgIpc) is 3.07. The van der Waals surface area contributed by atoms with Gasteiger partial charge in [0.05, 0.1) is 11.1 Å². The van der Waals surface area contributed by atoms with Crippen LogP contribution in [0.4, 0.5) is 0 Å². The van der Waals surface area contributed by atoms with Crippen molar-refractivity contribution in [2.75, 3.05) is 6.54 Å². The zero-order valence-corrected chi connectivity index (χ0v) is 16.9. The molecule has 0 unspecified atom stereocenters. The van der Waals surface area contributed by atoms with Crippen molar-refractivity contribution in [2.24, 2.45) is 0 Å². The van der Waals surface area contributed by atoms with Crippen LogP contribution in [-0.4, -0.2) is 21.0 Å². The summed E-state index contributed by atoms with van der Waals surface area (Å²) in [5, 5.41) is 0.803. The molecule has 28 heavy (non-hydrogen) atoms. The molecule has 5 rings (SSSR count). The van der Waals surface area contributed by atoms with Crippen molar-refractivity contribution in [3.63, 3.8) is 0 Å². The number of aromatic nitrogens is 2. The summed E-state index contributed by atoms with van der Waals surface area (Å²) in [6.45, 7) is 2.75. The molecule has 1 aliphatic rings. The lowest BCUT2D eigenvalue weighted by Crippen LogP contribution is -2.30.